The zero-order valence-electron chi connectivity index (χ0n) is 18.8. The summed E-state index contributed by atoms with van der Waals surface area (Å²) >= 11 is 2.13. The fraction of sp³-hybridized carbons (Fsp3) is 0.696. The van der Waals surface area contributed by atoms with Gasteiger partial charge >= 0.3 is 5.97 Å². The molecule has 5 nitrogen and oxygen atoms in total. The first-order valence-electron chi connectivity index (χ1n) is 10.7. The summed E-state index contributed by atoms with van der Waals surface area (Å²) in [5, 5.41) is 0. The number of fused-ring (bicyclic) bond motifs is 1. The van der Waals surface area contributed by atoms with Crippen molar-refractivity contribution in [2.24, 2.45) is 11.3 Å². The number of methoxy groups -OCH3 is 1. The van der Waals surface area contributed by atoms with Crippen LogP contribution in [0.5, 0.6) is 0 Å². The Morgan fingerprint density at radius 1 is 1.40 bits per heavy atom. The van der Waals surface area contributed by atoms with Crippen LogP contribution in [0.1, 0.15) is 65.0 Å². The minimum Gasteiger partial charge on any atom is -0.598 e. The predicted octanol–water partition coefficient (Wildman–Crippen LogP) is 4.64. The van der Waals surface area contributed by atoms with Crippen LogP contribution in [0.15, 0.2) is 22.7 Å². The second-order valence-corrected chi connectivity index (χ2v) is 12.6. The zero-order valence-corrected chi connectivity index (χ0v) is 21.2. The van der Waals surface area contributed by atoms with Crippen LogP contribution in [0, 0.1) is 11.3 Å². The Morgan fingerprint density at radius 2 is 2.10 bits per heavy atom. The van der Waals surface area contributed by atoms with Crippen molar-refractivity contribution < 1.29 is 18.8 Å². The molecule has 0 amide bonds. The molecule has 1 saturated carbocycles. The van der Waals surface area contributed by atoms with Gasteiger partial charge in [-0.2, -0.15) is 0 Å². The van der Waals surface area contributed by atoms with Gasteiger partial charge in [0, 0.05) is 28.4 Å². The number of benzene rings is 1. The molecule has 168 valence electrons. The van der Waals surface area contributed by atoms with Gasteiger partial charge < -0.3 is 14.0 Å². The lowest BCUT2D eigenvalue weighted by Crippen LogP contribution is -2.64. The van der Waals surface area contributed by atoms with Gasteiger partial charge in [0.1, 0.15) is 4.75 Å². The highest BCUT2D eigenvalue weighted by atomic mass is 79.9. The van der Waals surface area contributed by atoms with E-state index in [4.69, 9.17) is 9.47 Å². The zero-order chi connectivity index (χ0) is 22.3. The lowest BCUT2D eigenvalue weighted by atomic mass is 9.59. The summed E-state index contributed by atoms with van der Waals surface area (Å²) in [6, 6.07) is 6.09. The molecule has 0 aliphatic heterocycles. The van der Waals surface area contributed by atoms with Gasteiger partial charge in [0.05, 0.1) is 12.7 Å². The summed E-state index contributed by atoms with van der Waals surface area (Å²) in [5.41, 5.74) is 0.425. The number of ether oxygens (including phenoxy) is 2. The number of carbonyl (C=O) groups excluding carboxylic acids is 1. The lowest BCUT2D eigenvalue weighted by Gasteiger charge is -2.50. The first kappa shape index (κ1) is 24.1. The average Bonchev–Trinajstić information content (AvgIpc) is 2.91. The van der Waals surface area contributed by atoms with Gasteiger partial charge in [-0.25, -0.2) is 4.79 Å². The normalized spacial score (nSPS) is 32.1. The molecule has 2 aliphatic carbocycles. The maximum atomic E-state index is 13.8. The molecule has 1 N–H and O–H groups in total. The predicted molar refractivity (Wildman–Crippen MR) is 123 cm³/mol. The van der Waals surface area contributed by atoms with Crippen LogP contribution >= 0.6 is 15.9 Å². The van der Waals surface area contributed by atoms with E-state index in [1.54, 1.807) is 7.11 Å². The molecule has 5 atom stereocenters. The molecule has 1 aromatic rings. The van der Waals surface area contributed by atoms with Crippen LogP contribution in [0.3, 0.4) is 0 Å². The van der Waals surface area contributed by atoms with Crippen LogP contribution in [-0.2, 0) is 37.6 Å². The molecule has 0 aromatic heterocycles. The highest BCUT2D eigenvalue weighted by molar-refractivity contribution is 9.10. The van der Waals surface area contributed by atoms with Crippen LogP contribution in [-0.4, -0.2) is 35.1 Å². The Bertz CT molecular complexity index is 798. The van der Waals surface area contributed by atoms with E-state index in [0.717, 1.165) is 41.3 Å². The van der Waals surface area contributed by atoms with E-state index < -0.39 is 27.1 Å². The van der Waals surface area contributed by atoms with E-state index in [1.807, 2.05) is 39.8 Å². The lowest BCUT2D eigenvalue weighted by molar-refractivity contribution is -0.160. The van der Waals surface area contributed by atoms with Crippen molar-refractivity contribution in [3.05, 3.63) is 33.8 Å². The van der Waals surface area contributed by atoms with Gasteiger partial charge in [0.25, 0.3) is 0 Å². The molecule has 0 heterocycles. The van der Waals surface area contributed by atoms with Gasteiger partial charge in [-0.05, 0) is 82.6 Å². The fourth-order valence-electron chi connectivity index (χ4n) is 5.30. The van der Waals surface area contributed by atoms with Gasteiger partial charge in [-0.3, -0.25) is 0 Å². The Labute approximate surface area is 192 Å². The molecule has 0 unspecified atom stereocenters. The minimum atomic E-state index is -1.45. The monoisotopic (exact) mass is 499 g/mol. The maximum absolute atomic E-state index is 13.8. The number of nitrogens with one attached hydrogen (secondary N) is 1. The minimum absolute atomic E-state index is 0.166. The Kier molecular flexibility index (Phi) is 7.00. The van der Waals surface area contributed by atoms with E-state index in [9.17, 15) is 9.35 Å². The highest BCUT2D eigenvalue weighted by Crippen LogP contribution is 2.60. The third kappa shape index (κ3) is 3.96. The Morgan fingerprint density at radius 3 is 2.67 bits per heavy atom. The first-order valence-corrected chi connectivity index (χ1v) is 12.6. The van der Waals surface area contributed by atoms with Crippen molar-refractivity contribution in [3.63, 3.8) is 0 Å². The summed E-state index contributed by atoms with van der Waals surface area (Å²) in [6.45, 7) is 10.0. The van der Waals surface area contributed by atoms with Crippen molar-refractivity contribution in [2.45, 2.75) is 76.7 Å². The number of halogens is 1. The summed E-state index contributed by atoms with van der Waals surface area (Å²) < 4.78 is 28.5. The smallest absolute Gasteiger partial charge is 0.336 e. The van der Waals surface area contributed by atoms with Crippen LogP contribution < -0.4 is 4.72 Å². The third-order valence-corrected chi connectivity index (χ3v) is 8.84. The molecule has 1 fully saturated rings. The number of hydrogen-bond donors (Lipinski definition) is 1. The molecule has 0 bridgehead atoms. The maximum Gasteiger partial charge on any atom is 0.336 e. The molecular formula is C23H34BrNO4S. The molecule has 30 heavy (non-hydrogen) atoms. The molecule has 3 rings (SSSR count). The number of esters is 1. The second-order valence-electron chi connectivity index (χ2n) is 9.71. The second kappa shape index (κ2) is 8.74. The largest absolute Gasteiger partial charge is 0.598 e. The van der Waals surface area contributed by atoms with E-state index in [0.29, 0.717) is 0 Å². The third-order valence-electron chi connectivity index (χ3n) is 6.74. The van der Waals surface area contributed by atoms with Crippen molar-refractivity contribution >= 4 is 33.3 Å². The molecule has 0 saturated heterocycles. The number of carbonyl (C=O) groups is 1. The van der Waals surface area contributed by atoms with Crippen molar-refractivity contribution in [1.29, 1.82) is 0 Å². The molecule has 1 spiro atoms. The van der Waals surface area contributed by atoms with Crippen LogP contribution in [0.2, 0.25) is 0 Å². The van der Waals surface area contributed by atoms with Gasteiger partial charge in [0.15, 0.2) is 5.54 Å². The van der Waals surface area contributed by atoms with E-state index >= 15 is 0 Å². The Hall–Kier alpha value is -0.600. The summed E-state index contributed by atoms with van der Waals surface area (Å²) in [5.74, 6) is -0.0531. The summed E-state index contributed by atoms with van der Waals surface area (Å²) in [7, 11) is 1.76. The first-order chi connectivity index (χ1) is 14.0. The molecule has 0 radical (unpaired) electrons. The van der Waals surface area contributed by atoms with Gasteiger partial charge in [0.2, 0.25) is 0 Å². The van der Waals surface area contributed by atoms with Crippen molar-refractivity contribution in [3.8, 4) is 0 Å². The SMILES string of the molecule is CCOC(=O)[C@]1(N[S@@+]([O-])C(C)(C)C)c2cc(Br)ccc2C[C@@]12CC[C@H](OC)[C@@H](C)C2. The van der Waals surface area contributed by atoms with Crippen molar-refractivity contribution in [1.82, 2.24) is 4.72 Å². The standard InChI is InChI=1S/C23H34BrNO4S/c1-7-29-20(26)23(25-30(27)21(3,4)5)18-12-17(24)9-8-16(18)14-22(23)11-10-19(28-6)15(2)13-22/h8-9,12,15,19,25H,7,10-11,13-14H2,1-6H3/t15-,19-,22-,23+,30-/m0/s1. The molecule has 1 aromatic carbocycles. The molecule has 7 heteroatoms. The number of rotatable bonds is 5. The summed E-state index contributed by atoms with van der Waals surface area (Å²) in [4.78, 5) is 13.8. The van der Waals surface area contributed by atoms with Crippen molar-refractivity contribution in [2.75, 3.05) is 13.7 Å². The van der Waals surface area contributed by atoms with Gasteiger partial charge in [-0.1, -0.05) is 28.9 Å². The van der Waals surface area contributed by atoms with E-state index in [-0.39, 0.29) is 24.6 Å². The van der Waals surface area contributed by atoms with Crippen LogP contribution in [0.25, 0.3) is 0 Å². The molecule has 2 aliphatic rings. The van der Waals surface area contributed by atoms with Gasteiger partial charge in [-0.15, -0.1) is 4.72 Å². The average molecular weight is 500 g/mol. The van der Waals surface area contributed by atoms with E-state index in [1.165, 1.54) is 0 Å². The summed E-state index contributed by atoms with van der Waals surface area (Å²) in [6.07, 6.45) is 3.38. The topological polar surface area (TPSA) is 70.6 Å². The fourth-order valence-corrected chi connectivity index (χ4v) is 6.66. The molecular weight excluding hydrogens is 466 g/mol. The Balaban J connectivity index is 2.21. The highest BCUT2D eigenvalue weighted by Gasteiger charge is 2.67. The quantitative estimate of drug-likeness (QED) is 0.471. The van der Waals surface area contributed by atoms with Crippen LogP contribution in [0.4, 0.5) is 0 Å². The van der Waals surface area contributed by atoms with E-state index in [2.05, 4.69) is 33.6 Å². The number of hydrogen-bond acceptors (Lipinski definition) is 5.